The molecular formula is C16H17BrFNO. The third kappa shape index (κ3) is 3.19. The van der Waals surface area contributed by atoms with Crippen LogP contribution < -0.4 is 10.5 Å². The molecule has 0 amide bonds. The van der Waals surface area contributed by atoms with Crippen LogP contribution in [0.15, 0.2) is 34.8 Å². The van der Waals surface area contributed by atoms with Gasteiger partial charge in [0.15, 0.2) is 0 Å². The van der Waals surface area contributed by atoms with Crippen LogP contribution in [0.3, 0.4) is 0 Å². The molecular weight excluding hydrogens is 321 g/mol. The van der Waals surface area contributed by atoms with Crippen molar-refractivity contribution >= 4 is 15.9 Å². The van der Waals surface area contributed by atoms with Crippen LogP contribution in [-0.4, -0.2) is 0 Å². The van der Waals surface area contributed by atoms with E-state index in [9.17, 15) is 4.39 Å². The average Bonchev–Trinajstić information content (AvgIpc) is 2.37. The molecule has 0 spiro atoms. The molecule has 20 heavy (non-hydrogen) atoms. The fourth-order valence-corrected chi connectivity index (χ4v) is 2.17. The predicted octanol–water partition coefficient (Wildman–Crippen LogP) is 5.02. The van der Waals surface area contributed by atoms with E-state index in [2.05, 4.69) is 15.9 Å². The number of hydrogen-bond donors (Lipinski definition) is 1. The highest BCUT2D eigenvalue weighted by atomic mass is 79.9. The largest absolute Gasteiger partial charge is 0.457 e. The lowest BCUT2D eigenvalue weighted by Gasteiger charge is -2.15. The Morgan fingerprint density at radius 2 is 1.85 bits per heavy atom. The summed E-state index contributed by atoms with van der Waals surface area (Å²) in [6, 6.07) is 8.55. The van der Waals surface area contributed by atoms with Crippen molar-refractivity contribution in [2.24, 2.45) is 5.73 Å². The molecule has 2 nitrogen and oxygen atoms in total. The van der Waals surface area contributed by atoms with Crippen LogP contribution in [0.2, 0.25) is 0 Å². The van der Waals surface area contributed by atoms with E-state index in [0.717, 1.165) is 10.0 Å². The summed E-state index contributed by atoms with van der Waals surface area (Å²) < 4.78 is 20.6. The van der Waals surface area contributed by atoms with Crippen LogP contribution in [0, 0.1) is 19.7 Å². The van der Waals surface area contributed by atoms with Gasteiger partial charge in [0.2, 0.25) is 0 Å². The Labute approximate surface area is 126 Å². The number of rotatable bonds is 3. The van der Waals surface area contributed by atoms with Gasteiger partial charge in [-0.05, 0) is 62.2 Å². The molecule has 0 saturated heterocycles. The van der Waals surface area contributed by atoms with E-state index in [1.807, 2.05) is 32.0 Å². The molecule has 0 bridgehead atoms. The Morgan fingerprint density at radius 3 is 2.45 bits per heavy atom. The van der Waals surface area contributed by atoms with Crippen molar-refractivity contribution in [1.29, 1.82) is 0 Å². The van der Waals surface area contributed by atoms with Crippen molar-refractivity contribution in [2.45, 2.75) is 26.8 Å². The molecule has 2 aromatic carbocycles. The van der Waals surface area contributed by atoms with E-state index in [1.165, 1.54) is 6.07 Å². The molecule has 0 fully saturated rings. The molecule has 2 aromatic rings. The minimum atomic E-state index is -0.295. The second-order valence-electron chi connectivity index (χ2n) is 4.94. The molecule has 4 heteroatoms. The van der Waals surface area contributed by atoms with Gasteiger partial charge in [-0.2, -0.15) is 0 Å². The first-order chi connectivity index (χ1) is 9.38. The lowest BCUT2D eigenvalue weighted by atomic mass is 10.0. The van der Waals surface area contributed by atoms with Crippen molar-refractivity contribution in [3.63, 3.8) is 0 Å². The molecule has 0 heterocycles. The van der Waals surface area contributed by atoms with Crippen LogP contribution in [0.1, 0.15) is 29.7 Å². The van der Waals surface area contributed by atoms with Crippen molar-refractivity contribution in [1.82, 2.24) is 0 Å². The van der Waals surface area contributed by atoms with Crippen LogP contribution in [-0.2, 0) is 0 Å². The maximum Gasteiger partial charge on any atom is 0.132 e. The normalized spacial score (nSPS) is 12.3. The topological polar surface area (TPSA) is 35.2 Å². The van der Waals surface area contributed by atoms with Crippen LogP contribution in [0.4, 0.5) is 4.39 Å². The van der Waals surface area contributed by atoms with Crippen LogP contribution in [0.25, 0.3) is 0 Å². The number of hydrogen-bond acceptors (Lipinski definition) is 2. The van der Waals surface area contributed by atoms with E-state index in [1.54, 1.807) is 13.0 Å². The second kappa shape index (κ2) is 5.94. The summed E-state index contributed by atoms with van der Waals surface area (Å²) >= 11 is 3.45. The highest BCUT2D eigenvalue weighted by molar-refractivity contribution is 9.10. The Morgan fingerprint density at radius 1 is 1.15 bits per heavy atom. The maximum atomic E-state index is 13.7. The highest BCUT2D eigenvalue weighted by Crippen LogP contribution is 2.32. The fraction of sp³-hybridized carbons (Fsp3) is 0.250. The van der Waals surface area contributed by atoms with E-state index >= 15 is 0 Å². The van der Waals surface area contributed by atoms with Gasteiger partial charge in [0.1, 0.15) is 17.3 Å². The van der Waals surface area contributed by atoms with Gasteiger partial charge in [0, 0.05) is 16.1 Å². The lowest BCUT2D eigenvalue weighted by molar-refractivity contribution is 0.467. The van der Waals surface area contributed by atoms with Gasteiger partial charge in [-0.25, -0.2) is 4.39 Å². The molecule has 0 saturated carbocycles. The molecule has 2 N–H and O–H groups in total. The summed E-state index contributed by atoms with van der Waals surface area (Å²) in [6.07, 6.45) is 0. The van der Waals surface area contributed by atoms with Crippen molar-refractivity contribution in [3.8, 4) is 11.5 Å². The van der Waals surface area contributed by atoms with Crippen molar-refractivity contribution in [3.05, 3.63) is 57.3 Å². The van der Waals surface area contributed by atoms with Crippen LogP contribution in [0.5, 0.6) is 11.5 Å². The van der Waals surface area contributed by atoms with Crippen molar-refractivity contribution < 1.29 is 9.13 Å². The first-order valence-corrected chi connectivity index (χ1v) is 7.17. The zero-order chi connectivity index (χ0) is 14.9. The average molecular weight is 338 g/mol. The Hall–Kier alpha value is -1.39. The molecule has 0 radical (unpaired) electrons. The number of aryl methyl sites for hydroxylation is 2. The summed E-state index contributed by atoms with van der Waals surface area (Å²) in [4.78, 5) is 0. The summed E-state index contributed by atoms with van der Waals surface area (Å²) in [7, 11) is 0. The Kier molecular flexibility index (Phi) is 4.45. The number of benzene rings is 2. The van der Waals surface area contributed by atoms with E-state index in [4.69, 9.17) is 10.5 Å². The molecule has 0 aromatic heterocycles. The minimum absolute atomic E-state index is 0.267. The first kappa shape index (κ1) is 15.0. The molecule has 1 atom stereocenters. The highest BCUT2D eigenvalue weighted by Gasteiger charge is 2.13. The van der Waals surface area contributed by atoms with Gasteiger partial charge in [-0.3, -0.25) is 0 Å². The van der Waals surface area contributed by atoms with Gasteiger partial charge < -0.3 is 10.5 Å². The Balaban J connectivity index is 2.41. The fourth-order valence-electron chi connectivity index (χ4n) is 1.92. The smallest absolute Gasteiger partial charge is 0.132 e. The third-order valence-electron chi connectivity index (χ3n) is 3.14. The molecule has 0 aliphatic heterocycles. The molecule has 0 unspecified atom stereocenters. The number of halogens is 2. The predicted molar refractivity (Wildman–Crippen MR) is 82.7 cm³/mol. The van der Waals surface area contributed by atoms with Gasteiger partial charge in [0.05, 0.1) is 0 Å². The zero-order valence-corrected chi connectivity index (χ0v) is 13.3. The number of nitrogens with two attached hydrogens (primary N) is 1. The minimum Gasteiger partial charge on any atom is -0.457 e. The zero-order valence-electron chi connectivity index (χ0n) is 11.7. The third-order valence-corrected chi connectivity index (χ3v) is 4.03. The summed E-state index contributed by atoms with van der Waals surface area (Å²) in [5, 5.41) is 0. The molecule has 0 aliphatic rings. The van der Waals surface area contributed by atoms with E-state index in [0.29, 0.717) is 22.6 Å². The van der Waals surface area contributed by atoms with Crippen molar-refractivity contribution in [2.75, 3.05) is 0 Å². The van der Waals surface area contributed by atoms with Gasteiger partial charge in [-0.1, -0.05) is 15.9 Å². The van der Waals surface area contributed by atoms with Gasteiger partial charge in [0.25, 0.3) is 0 Å². The number of ether oxygens (including phenoxy) is 1. The quantitative estimate of drug-likeness (QED) is 0.853. The van der Waals surface area contributed by atoms with Crippen LogP contribution >= 0.6 is 15.9 Å². The summed E-state index contributed by atoms with van der Waals surface area (Å²) in [6.45, 7) is 5.50. The Bertz CT molecular complexity index is 641. The van der Waals surface area contributed by atoms with Gasteiger partial charge in [-0.15, -0.1) is 0 Å². The summed E-state index contributed by atoms with van der Waals surface area (Å²) in [5.74, 6) is 1.04. The maximum absolute atomic E-state index is 13.7. The lowest BCUT2D eigenvalue weighted by Crippen LogP contribution is -2.08. The summed E-state index contributed by atoms with van der Waals surface area (Å²) in [5.41, 5.74) is 8.16. The standard InChI is InChI=1S/C16H17BrFNO/c1-9-6-12(4-5-14(9)17)20-16-7-10(2)15(18)8-13(16)11(3)19/h4-8,11H,19H2,1-3H3/t11-/m0/s1. The van der Waals surface area contributed by atoms with Gasteiger partial charge >= 0.3 is 0 Å². The van der Waals surface area contributed by atoms with E-state index < -0.39 is 0 Å². The molecule has 2 rings (SSSR count). The first-order valence-electron chi connectivity index (χ1n) is 6.38. The second-order valence-corrected chi connectivity index (χ2v) is 5.80. The molecule has 106 valence electrons. The monoisotopic (exact) mass is 337 g/mol. The SMILES string of the molecule is Cc1cc(Oc2ccc(Br)c(C)c2)c([C@H](C)N)cc1F. The molecule has 0 aliphatic carbocycles. The van der Waals surface area contributed by atoms with E-state index in [-0.39, 0.29) is 11.9 Å².